The third kappa shape index (κ3) is 6.09. The van der Waals surface area contributed by atoms with E-state index >= 15 is 0 Å². The van der Waals surface area contributed by atoms with Crippen molar-refractivity contribution in [3.63, 3.8) is 0 Å². The number of esters is 1. The molecule has 1 saturated heterocycles. The largest absolute Gasteiger partial charge is 0.493 e. The van der Waals surface area contributed by atoms with Crippen molar-refractivity contribution in [1.82, 2.24) is 4.90 Å². The van der Waals surface area contributed by atoms with E-state index < -0.39 is 23.7 Å². The molecule has 1 heterocycles. The van der Waals surface area contributed by atoms with Crippen molar-refractivity contribution >= 4 is 57.5 Å². The second kappa shape index (κ2) is 11.4. The van der Waals surface area contributed by atoms with Crippen molar-refractivity contribution in [3.8, 4) is 17.6 Å². The lowest BCUT2D eigenvalue weighted by Gasteiger charge is -2.14. The van der Waals surface area contributed by atoms with E-state index in [1.807, 2.05) is 12.1 Å². The van der Waals surface area contributed by atoms with Gasteiger partial charge in [0.25, 0.3) is 11.1 Å². The molecule has 8 nitrogen and oxygen atoms in total. The van der Waals surface area contributed by atoms with Gasteiger partial charge in [-0.15, -0.1) is 0 Å². The number of methoxy groups -OCH3 is 1. The van der Waals surface area contributed by atoms with Gasteiger partial charge in [0.05, 0.1) is 33.3 Å². The van der Waals surface area contributed by atoms with Gasteiger partial charge < -0.3 is 14.2 Å². The number of ether oxygens (including phenoxy) is 3. The number of imide groups is 1. The van der Waals surface area contributed by atoms with Crippen LogP contribution in [-0.2, 0) is 20.9 Å². The molecule has 1 aliphatic heterocycles. The van der Waals surface area contributed by atoms with Crippen molar-refractivity contribution in [3.05, 3.63) is 61.6 Å². The van der Waals surface area contributed by atoms with Crippen molar-refractivity contribution in [2.24, 2.45) is 0 Å². The number of rotatable bonds is 8. The molecule has 1 fully saturated rings. The zero-order valence-corrected chi connectivity index (χ0v) is 21.6. The van der Waals surface area contributed by atoms with Gasteiger partial charge in [0.1, 0.15) is 13.2 Å². The summed E-state index contributed by atoms with van der Waals surface area (Å²) in [5.41, 5.74) is 1.90. The van der Waals surface area contributed by atoms with Gasteiger partial charge in [-0.25, -0.2) is 0 Å². The molecule has 0 aliphatic carbocycles. The highest BCUT2D eigenvalue weighted by molar-refractivity contribution is 14.1. The number of benzene rings is 2. The Morgan fingerprint density at radius 1 is 1.26 bits per heavy atom. The molecule has 10 heteroatoms. The van der Waals surface area contributed by atoms with Crippen LogP contribution in [0.1, 0.15) is 30.5 Å². The Kier molecular flexibility index (Phi) is 8.57. The number of hydrogen-bond donors (Lipinski definition) is 0. The monoisotopic (exact) mass is 592 g/mol. The summed E-state index contributed by atoms with van der Waals surface area (Å²) >= 11 is 2.85. The van der Waals surface area contributed by atoms with Gasteiger partial charge in [-0.3, -0.25) is 19.3 Å². The van der Waals surface area contributed by atoms with Crippen LogP contribution >= 0.6 is 34.4 Å². The van der Waals surface area contributed by atoms with Gasteiger partial charge in [-0.2, -0.15) is 5.26 Å². The molecule has 176 valence electrons. The maximum Gasteiger partial charge on any atom is 0.326 e. The molecule has 0 unspecified atom stereocenters. The van der Waals surface area contributed by atoms with E-state index in [4.69, 9.17) is 14.2 Å². The molecule has 2 aromatic rings. The summed E-state index contributed by atoms with van der Waals surface area (Å²) in [6.45, 7) is 3.13. The highest BCUT2D eigenvalue weighted by atomic mass is 127. The smallest absolute Gasteiger partial charge is 0.326 e. The molecule has 2 amide bonds. The highest BCUT2D eigenvalue weighted by Gasteiger charge is 2.36. The minimum atomic E-state index is -0.644. The van der Waals surface area contributed by atoms with Crippen LogP contribution in [0.5, 0.6) is 11.5 Å². The number of carbonyl (C=O) groups excluding carboxylic acids is 3. The van der Waals surface area contributed by atoms with Crippen LogP contribution in [0.2, 0.25) is 0 Å². The molecule has 0 aromatic heterocycles. The average molecular weight is 592 g/mol. The Balaban J connectivity index is 1.80. The van der Waals surface area contributed by atoms with Gasteiger partial charge in [0, 0.05) is 5.56 Å². The summed E-state index contributed by atoms with van der Waals surface area (Å²) in [7, 11) is 1.50. The molecule has 0 saturated carbocycles. The second-order valence-electron chi connectivity index (χ2n) is 7.40. The zero-order valence-electron chi connectivity index (χ0n) is 18.7. The molecule has 0 N–H and O–H groups in total. The van der Waals surface area contributed by atoms with Crippen LogP contribution in [0.4, 0.5) is 4.79 Å². The number of halogens is 1. The fourth-order valence-corrected chi connectivity index (χ4v) is 4.70. The number of hydrogen-bond acceptors (Lipinski definition) is 8. The summed E-state index contributed by atoms with van der Waals surface area (Å²) in [5.74, 6) is -0.266. The zero-order chi connectivity index (χ0) is 24.8. The molecule has 2 aromatic carbocycles. The van der Waals surface area contributed by atoms with E-state index in [9.17, 15) is 19.6 Å². The minimum absolute atomic E-state index is 0.181. The number of nitrogens with zero attached hydrogens (tertiary/aromatic N) is 2. The predicted octanol–water partition coefficient (Wildman–Crippen LogP) is 4.74. The molecular formula is C24H21IN2O6S. The van der Waals surface area contributed by atoms with E-state index in [2.05, 4.69) is 28.7 Å². The Morgan fingerprint density at radius 2 is 2.00 bits per heavy atom. The highest BCUT2D eigenvalue weighted by Crippen LogP contribution is 2.37. The summed E-state index contributed by atoms with van der Waals surface area (Å²) in [6.07, 6.45) is 1.23. The maximum absolute atomic E-state index is 12.7. The number of carbonyl (C=O) groups is 3. The maximum atomic E-state index is 12.7. The third-order valence-corrected chi connectivity index (χ3v) is 6.30. The van der Waals surface area contributed by atoms with Crippen LogP contribution in [0.15, 0.2) is 41.3 Å². The third-order valence-electron chi connectivity index (χ3n) is 4.59. The fourth-order valence-electron chi connectivity index (χ4n) is 3.09. The Bertz CT molecular complexity index is 1200. The van der Waals surface area contributed by atoms with Gasteiger partial charge in [0.15, 0.2) is 11.5 Å². The van der Waals surface area contributed by atoms with E-state index in [0.717, 1.165) is 25.8 Å². The van der Waals surface area contributed by atoms with E-state index in [1.165, 1.54) is 7.11 Å². The molecule has 3 rings (SSSR count). The van der Waals surface area contributed by atoms with Gasteiger partial charge in [-0.05, 0) is 78.0 Å². The van der Waals surface area contributed by atoms with Crippen molar-refractivity contribution in [2.45, 2.75) is 26.6 Å². The average Bonchev–Trinajstić information content (AvgIpc) is 3.04. The fraction of sp³-hybridized carbons (Fsp3) is 0.250. The molecule has 0 bridgehead atoms. The molecule has 1 aliphatic rings. The Hall–Kier alpha value is -3.04. The van der Waals surface area contributed by atoms with Crippen LogP contribution in [-0.4, -0.2) is 41.8 Å². The molecule has 0 radical (unpaired) electrons. The predicted molar refractivity (Wildman–Crippen MR) is 135 cm³/mol. The molecule has 0 spiro atoms. The van der Waals surface area contributed by atoms with Gasteiger partial charge >= 0.3 is 5.97 Å². The van der Waals surface area contributed by atoms with Gasteiger partial charge in [0.2, 0.25) is 0 Å². The van der Waals surface area contributed by atoms with Crippen molar-refractivity contribution < 1.29 is 28.6 Å². The van der Waals surface area contributed by atoms with Gasteiger partial charge in [-0.1, -0.05) is 18.2 Å². The second-order valence-corrected chi connectivity index (χ2v) is 9.55. The first kappa shape index (κ1) is 25.6. The molecule has 0 atom stereocenters. The van der Waals surface area contributed by atoms with Crippen LogP contribution < -0.4 is 9.47 Å². The van der Waals surface area contributed by atoms with Crippen molar-refractivity contribution in [1.29, 1.82) is 5.26 Å². The number of nitriles is 1. The normalized spacial score (nSPS) is 14.5. The molecular weight excluding hydrogens is 571 g/mol. The Labute approximate surface area is 215 Å². The standard InChI is InChI=1S/C24H21IN2O6S/c1-14(2)33-21(28)12-27-23(29)20(34-24(27)30)10-15-8-18(25)22(19(9-15)31-3)32-13-17-7-5-4-6-16(17)11-26/h4-10,14H,12-13H2,1-3H3/b20-10-. The van der Waals surface area contributed by atoms with Crippen molar-refractivity contribution in [2.75, 3.05) is 13.7 Å². The summed E-state index contributed by atoms with van der Waals surface area (Å²) in [4.78, 5) is 37.9. The van der Waals surface area contributed by atoms with Crippen LogP contribution in [0, 0.1) is 14.9 Å². The lowest BCUT2D eigenvalue weighted by atomic mass is 10.1. The quantitative estimate of drug-likeness (QED) is 0.246. The van der Waals surface area contributed by atoms with Crippen LogP contribution in [0.3, 0.4) is 0 Å². The summed E-state index contributed by atoms with van der Waals surface area (Å²) in [5, 5.41) is 8.74. The number of amides is 2. The topological polar surface area (TPSA) is 106 Å². The lowest BCUT2D eigenvalue weighted by Crippen LogP contribution is -2.35. The van der Waals surface area contributed by atoms with Crippen LogP contribution in [0.25, 0.3) is 6.08 Å². The lowest BCUT2D eigenvalue weighted by molar-refractivity contribution is -0.149. The number of thioether (sulfide) groups is 1. The minimum Gasteiger partial charge on any atom is -0.493 e. The molecule has 34 heavy (non-hydrogen) atoms. The SMILES string of the molecule is COc1cc(/C=C2\SC(=O)N(CC(=O)OC(C)C)C2=O)cc(I)c1OCc1ccccc1C#N. The first-order chi connectivity index (χ1) is 16.2. The van der Waals surface area contributed by atoms with E-state index in [1.54, 1.807) is 44.2 Å². The van der Waals surface area contributed by atoms with E-state index in [0.29, 0.717) is 22.6 Å². The first-order valence-electron chi connectivity index (χ1n) is 10.2. The Morgan fingerprint density at radius 3 is 2.68 bits per heavy atom. The summed E-state index contributed by atoms with van der Waals surface area (Å²) in [6, 6.07) is 12.8. The summed E-state index contributed by atoms with van der Waals surface area (Å²) < 4.78 is 17.2. The first-order valence-corrected chi connectivity index (χ1v) is 12.1. The van der Waals surface area contributed by atoms with E-state index in [-0.39, 0.29) is 17.6 Å².